The monoisotopic (exact) mass is 292 g/mol. The van der Waals surface area contributed by atoms with Gasteiger partial charge in [0.05, 0.1) is 11.5 Å². The highest BCUT2D eigenvalue weighted by molar-refractivity contribution is 7.99. The molecule has 9 heteroatoms. The molecular formula is C9H13ClN4O3S. The number of nitrogens with one attached hydrogen (secondary N) is 1. The highest BCUT2D eigenvalue weighted by atomic mass is 35.5. The Hall–Kier alpha value is -1.12. The van der Waals surface area contributed by atoms with E-state index in [4.69, 9.17) is 16.7 Å². The van der Waals surface area contributed by atoms with Crippen molar-refractivity contribution in [1.82, 2.24) is 9.97 Å². The SMILES string of the molecule is CSC(CO)C(C)Nc1nc(Cl)ncc1[N+](=O)[O-]. The number of anilines is 1. The summed E-state index contributed by atoms with van der Waals surface area (Å²) in [7, 11) is 0. The largest absolute Gasteiger partial charge is 0.395 e. The number of hydrogen-bond donors (Lipinski definition) is 2. The van der Waals surface area contributed by atoms with E-state index in [0.717, 1.165) is 6.20 Å². The van der Waals surface area contributed by atoms with Gasteiger partial charge in [-0.15, -0.1) is 0 Å². The summed E-state index contributed by atoms with van der Waals surface area (Å²) in [5.41, 5.74) is -0.246. The van der Waals surface area contributed by atoms with E-state index in [9.17, 15) is 10.1 Å². The van der Waals surface area contributed by atoms with Gasteiger partial charge in [-0.1, -0.05) is 0 Å². The van der Waals surface area contributed by atoms with Crippen LogP contribution in [0, 0.1) is 10.1 Å². The van der Waals surface area contributed by atoms with Crippen LogP contribution in [0.2, 0.25) is 5.28 Å². The van der Waals surface area contributed by atoms with Crippen molar-refractivity contribution in [2.75, 3.05) is 18.2 Å². The van der Waals surface area contributed by atoms with Crippen molar-refractivity contribution in [2.45, 2.75) is 18.2 Å². The van der Waals surface area contributed by atoms with Crippen molar-refractivity contribution in [3.63, 3.8) is 0 Å². The van der Waals surface area contributed by atoms with Crippen LogP contribution in [0.4, 0.5) is 11.5 Å². The normalized spacial score (nSPS) is 14.0. The summed E-state index contributed by atoms with van der Waals surface area (Å²) in [6.45, 7) is 1.76. The van der Waals surface area contributed by atoms with E-state index >= 15 is 0 Å². The Morgan fingerprint density at radius 1 is 1.72 bits per heavy atom. The molecule has 1 aromatic heterocycles. The number of aliphatic hydroxyl groups is 1. The van der Waals surface area contributed by atoms with Crippen molar-refractivity contribution < 1.29 is 10.0 Å². The van der Waals surface area contributed by atoms with Crippen molar-refractivity contribution >= 4 is 34.9 Å². The van der Waals surface area contributed by atoms with E-state index < -0.39 is 4.92 Å². The van der Waals surface area contributed by atoms with E-state index in [1.165, 1.54) is 11.8 Å². The molecule has 0 saturated carbocycles. The fourth-order valence-electron chi connectivity index (χ4n) is 1.34. The van der Waals surface area contributed by atoms with Gasteiger partial charge in [-0.2, -0.15) is 16.7 Å². The van der Waals surface area contributed by atoms with Crippen LogP contribution in [0.15, 0.2) is 6.20 Å². The lowest BCUT2D eigenvalue weighted by Gasteiger charge is -2.21. The maximum Gasteiger partial charge on any atom is 0.329 e. The predicted molar refractivity (Wildman–Crippen MR) is 71.2 cm³/mol. The molecule has 0 aliphatic heterocycles. The Kier molecular flexibility index (Phi) is 5.57. The molecule has 0 spiro atoms. The molecule has 1 rings (SSSR count). The van der Waals surface area contributed by atoms with Gasteiger partial charge >= 0.3 is 5.69 Å². The van der Waals surface area contributed by atoms with Crippen LogP contribution in [0.5, 0.6) is 0 Å². The van der Waals surface area contributed by atoms with Crippen LogP contribution < -0.4 is 5.32 Å². The molecule has 7 nitrogen and oxygen atoms in total. The molecule has 0 fully saturated rings. The maximum atomic E-state index is 10.8. The molecular weight excluding hydrogens is 280 g/mol. The van der Waals surface area contributed by atoms with Crippen molar-refractivity contribution in [3.8, 4) is 0 Å². The number of rotatable bonds is 6. The molecule has 1 heterocycles. The number of aromatic nitrogens is 2. The second-order valence-corrected chi connectivity index (χ2v) is 4.93. The molecule has 0 aliphatic carbocycles. The van der Waals surface area contributed by atoms with Gasteiger partial charge in [0.2, 0.25) is 11.1 Å². The fraction of sp³-hybridized carbons (Fsp3) is 0.556. The molecule has 0 radical (unpaired) electrons. The Labute approximate surface area is 113 Å². The topological polar surface area (TPSA) is 101 Å². The number of nitrogens with zero attached hydrogens (tertiary/aromatic N) is 3. The summed E-state index contributed by atoms with van der Waals surface area (Å²) in [5.74, 6) is 0.0556. The van der Waals surface area contributed by atoms with Crippen LogP contribution >= 0.6 is 23.4 Å². The summed E-state index contributed by atoms with van der Waals surface area (Å²) < 4.78 is 0. The van der Waals surface area contributed by atoms with E-state index in [0.29, 0.717) is 0 Å². The second-order valence-electron chi connectivity index (χ2n) is 3.52. The molecule has 18 heavy (non-hydrogen) atoms. The van der Waals surface area contributed by atoms with Crippen LogP contribution in [0.1, 0.15) is 6.92 Å². The highest BCUT2D eigenvalue weighted by Gasteiger charge is 2.22. The minimum atomic E-state index is -0.585. The van der Waals surface area contributed by atoms with E-state index in [1.54, 1.807) is 6.92 Å². The van der Waals surface area contributed by atoms with Gasteiger partial charge in [-0.25, -0.2) is 4.98 Å². The van der Waals surface area contributed by atoms with Gasteiger partial charge in [-0.3, -0.25) is 10.1 Å². The van der Waals surface area contributed by atoms with Crippen molar-refractivity contribution in [3.05, 3.63) is 21.6 Å². The van der Waals surface area contributed by atoms with Crippen LogP contribution in [-0.2, 0) is 0 Å². The standard InChI is InChI=1S/C9H13ClN4O3S/c1-5(7(4-15)18-2)12-8-6(14(16)17)3-11-9(10)13-8/h3,5,7,15H,4H2,1-2H3,(H,11,12,13). The predicted octanol–water partition coefficient (Wildman–Crippen LogP) is 1.56. The molecule has 2 atom stereocenters. The van der Waals surface area contributed by atoms with Crippen LogP contribution in [-0.4, -0.2) is 44.2 Å². The van der Waals surface area contributed by atoms with Crippen molar-refractivity contribution in [2.24, 2.45) is 0 Å². The van der Waals surface area contributed by atoms with Crippen molar-refractivity contribution in [1.29, 1.82) is 0 Å². The fourth-order valence-corrected chi connectivity index (χ4v) is 2.10. The zero-order chi connectivity index (χ0) is 13.7. The zero-order valence-electron chi connectivity index (χ0n) is 9.83. The molecule has 100 valence electrons. The summed E-state index contributed by atoms with van der Waals surface area (Å²) in [5, 5.41) is 22.7. The smallest absolute Gasteiger partial charge is 0.329 e. The van der Waals surface area contributed by atoms with Gasteiger partial charge in [0.25, 0.3) is 0 Å². The van der Waals surface area contributed by atoms with Gasteiger partial charge in [0.15, 0.2) is 0 Å². The number of thioether (sulfide) groups is 1. The molecule has 0 aliphatic rings. The summed E-state index contributed by atoms with van der Waals surface area (Å²) in [6.07, 6.45) is 2.90. The minimum absolute atomic E-state index is 0.0397. The number of aliphatic hydroxyl groups excluding tert-OH is 1. The molecule has 0 bridgehead atoms. The first-order valence-corrected chi connectivity index (χ1v) is 6.73. The molecule has 0 aromatic carbocycles. The Balaban J connectivity index is 2.95. The number of halogens is 1. The average Bonchev–Trinajstić information content (AvgIpc) is 2.30. The number of hydrogen-bond acceptors (Lipinski definition) is 7. The van der Waals surface area contributed by atoms with E-state index in [-0.39, 0.29) is 34.7 Å². The van der Waals surface area contributed by atoms with Crippen LogP contribution in [0.3, 0.4) is 0 Å². The third-order valence-electron chi connectivity index (χ3n) is 2.34. The Bertz CT molecular complexity index is 430. The molecule has 1 aromatic rings. The lowest BCUT2D eigenvalue weighted by atomic mass is 10.2. The Morgan fingerprint density at radius 2 is 2.39 bits per heavy atom. The Morgan fingerprint density at radius 3 is 2.89 bits per heavy atom. The van der Waals surface area contributed by atoms with Gasteiger partial charge in [-0.05, 0) is 24.8 Å². The van der Waals surface area contributed by atoms with E-state index in [1.807, 2.05) is 6.26 Å². The first kappa shape index (κ1) is 14.9. The average molecular weight is 293 g/mol. The zero-order valence-corrected chi connectivity index (χ0v) is 11.4. The summed E-state index contributed by atoms with van der Waals surface area (Å²) >= 11 is 7.07. The number of nitro groups is 1. The second kappa shape index (κ2) is 6.72. The summed E-state index contributed by atoms with van der Waals surface area (Å²) in [6, 6.07) is -0.199. The molecule has 0 amide bonds. The van der Waals surface area contributed by atoms with Gasteiger partial charge in [0, 0.05) is 11.3 Å². The van der Waals surface area contributed by atoms with Crippen LogP contribution in [0.25, 0.3) is 0 Å². The first-order valence-electron chi connectivity index (χ1n) is 5.06. The third-order valence-corrected chi connectivity index (χ3v) is 3.69. The first-order chi connectivity index (χ1) is 8.49. The van der Waals surface area contributed by atoms with Gasteiger partial charge < -0.3 is 10.4 Å². The summed E-state index contributed by atoms with van der Waals surface area (Å²) in [4.78, 5) is 17.6. The quantitative estimate of drug-likeness (QED) is 0.466. The lowest BCUT2D eigenvalue weighted by Crippen LogP contribution is -2.31. The lowest BCUT2D eigenvalue weighted by molar-refractivity contribution is -0.384. The maximum absolute atomic E-state index is 10.8. The minimum Gasteiger partial charge on any atom is -0.395 e. The van der Waals surface area contributed by atoms with Gasteiger partial charge in [0.1, 0.15) is 6.20 Å². The highest BCUT2D eigenvalue weighted by Crippen LogP contribution is 2.24. The molecule has 0 saturated heterocycles. The third kappa shape index (κ3) is 3.69. The molecule has 2 N–H and O–H groups in total. The van der Waals surface area contributed by atoms with E-state index in [2.05, 4.69) is 15.3 Å². The molecule has 2 unspecified atom stereocenters.